The van der Waals surface area contributed by atoms with Crippen molar-refractivity contribution in [2.75, 3.05) is 25.6 Å². The maximum atomic E-state index is 10.6. The Bertz CT molecular complexity index is 427. The van der Waals surface area contributed by atoms with Gasteiger partial charge in [0, 0.05) is 24.9 Å². The number of ether oxygens (including phenoxy) is 1. The van der Waals surface area contributed by atoms with Crippen molar-refractivity contribution in [1.29, 1.82) is 0 Å². The van der Waals surface area contributed by atoms with E-state index in [0.29, 0.717) is 18.7 Å². The van der Waals surface area contributed by atoms with Crippen LogP contribution in [0, 0.1) is 0 Å². The monoisotopic (exact) mass is 249 g/mol. The molecule has 0 bridgehead atoms. The van der Waals surface area contributed by atoms with Crippen LogP contribution in [0.3, 0.4) is 0 Å². The highest BCUT2D eigenvalue weighted by Gasteiger charge is 2.01. The van der Waals surface area contributed by atoms with E-state index in [4.69, 9.17) is 9.84 Å². The van der Waals surface area contributed by atoms with E-state index in [1.54, 1.807) is 20.1 Å². The third kappa shape index (κ3) is 4.59. The van der Waals surface area contributed by atoms with Crippen LogP contribution in [0.15, 0.2) is 35.9 Å². The molecule has 2 N–H and O–H groups in total. The van der Waals surface area contributed by atoms with Crippen molar-refractivity contribution in [1.82, 2.24) is 0 Å². The van der Waals surface area contributed by atoms with Crippen LogP contribution in [0.2, 0.25) is 0 Å². The van der Waals surface area contributed by atoms with Gasteiger partial charge in [-0.1, -0.05) is 24.3 Å². The lowest BCUT2D eigenvalue weighted by atomic mass is 10.1. The van der Waals surface area contributed by atoms with Gasteiger partial charge in [0.1, 0.15) is 0 Å². The summed E-state index contributed by atoms with van der Waals surface area (Å²) in [4.78, 5) is 10.6. The Labute approximate surface area is 107 Å². The fourth-order valence-corrected chi connectivity index (χ4v) is 1.52. The molecule has 18 heavy (non-hydrogen) atoms. The predicted molar refractivity (Wildman–Crippen MR) is 71.9 cm³/mol. The number of methoxy groups -OCH3 is 1. The molecule has 0 unspecified atom stereocenters. The first kappa shape index (κ1) is 14.3. The molecule has 0 amide bonds. The first-order valence-corrected chi connectivity index (χ1v) is 5.86. The molecule has 0 spiro atoms. The van der Waals surface area contributed by atoms with Gasteiger partial charge >= 0.3 is 5.97 Å². The van der Waals surface area contributed by atoms with E-state index >= 15 is 0 Å². The molecule has 0 saturated carbocycles. The summed E-state index contributed by atoms with van der Waals surface area (Å²) in [5.74, 6) is -0.885. The molecule has 1 aromatic carbocycles. The Morgan fingerprint density at radius 2 is 2.17 bits per heavy atom. The van der Waals surface area contributed by atoms with Crippen LogP contribution in [0.25, 0.3) is 0 Å². The Morgan fingerprint density at radius 3 is 2.83 bits per heavy atom. The Kier molecular flexibility index (Phi) is 5.94. The van der Waals surface area contributed by atoms with Gasteiger partial charge in [0.15, 0.2) is 0 Å². The van der Waals surface area contributed by atoms with Crippen LogP contribution in [0.4, 0.5) is 5.69 Å². The number of para-hydroxylation sites is 1. The number of aliphatic carboxylic acids is 1. The van der Waals surface area contributed by atoms with Gasteiger partial charge in [-0.2, -0.15) is 0 Å². The largest absolute Gasteiger partial charge is 0.478 e. The van der Waals surface area contributed by atoms with E-state index in [0.717, 1.165) is 12.1 Å². The summed E-state index contributed by atoms with van der Waals surface area (Å²) in [6.07, 6.45) is 2.50. The van der Waals surface area contributed by atoms with Crippen LogP contribution < -0.4 is 5.32 Å². The van der Waals surface area contributed by atoms with E-state index in [1.807, 2.05) is 24.3 Å². The highest BCUT2D eigenvalue weighted by molar-refractivity contribution is 5.85. The van der Waals surface area contributed by atoms with Crippen molar-refractivity contribution in [3.05, 3.63) is 41.5 Å². The van der Waals surface area contributed by atoms with Crippen molar-refractivity contribution in [3.63, 3.8) is 0 Å². The number of rotatable bonds is 7. The molecular weight excluding hydrogens is 230 g/mol. The third-order valence-corrected chi connectivity index (χ3v) is 2.63. The molecule has 0 saturated heterocycles. The zero-order valence-electron chi connectivity index (χ0n) is 10.8. The molecule has 0 heterocycles. The summed E-state index contributed by atoms with van der Waals surface area (Å²) in [6, 6.07) is 7.95. The normalized spacial score (nSPS) is 11.3. The number of hydrogen-bond acceptors (Lipinski definition) is 3. The van der Waals surface area contributed by atoms with Crippen molar-refractivity contribution in [2.24, 2.45) is 0 Å². The first-order chi connectivity index (χ1) is 8.65. The van der Waals surface area contributed by atoms with E-state index in [-0.39, 0.29) is 0 Å². The lowest BCUT2D eigenvalue weighted by molar-refractivity contribution is -0.132. The zero-order chi connectivity index (χ0) is 13.4. The number of carbonyl (C=O) groups is 1. The van der Waals surface area contributed by atoms with Crippen LogP contribution in [0.5, 0.6) is 0 Å². The van der Waals surface area contributed by atoms with Crippen molar-refractivity contribution >= 4 is 11.7 Å². The van der Waals surface area contributed by atoms with Gasteiger partial charge in [-0.05, 0) is 25.0 Å². The van der Waals surface area contributed by atoms with E-state index in [9.17, 15) is 4.79 Å². The maximum Gasteiger partial charge on any atom is 0.331 e. The summed E-state index contributed by atoms with van der Waals surface area (Å²) in [5, 5.41) is 11.9. The number of carboxylic acids is 1. The highest BCUT2D eigenvalue weighted by atomic mass is 16.5. The van der Waals surface area contributed by atoms with Crippen LogP contribution >= 0.6 is 0 Å². The second-order valence-electron chi connectivity index (χ2n) is 3.97. The van der Waals surface area contributed by atoms with Crippen LogP contribution in [0.1, 0.15) is 12.5 Å². The summed E-state index contributed by atoms with van der Waals surface area (Å²) < 4.78 is 5.06. The topological polar surface area (TPSA) is 58.6 Å². The molecule has 1 rings (SSSR count). The fraction of sp³-hybridized carbons (Fsp3) is 0.357. The van der Waals surface area contributed by atoms with E-state index in [2.05, 4.69) is 5.32 Å². The summed E-state index contributed by atoms with van der Waals surface area (Å²) in [6.45, 7) is 2.76. The molecule has 1 aromatic rings. The first-order valence-electron chi connectivity index (χ1n) is 5.86. The van der Waals surface area contributed by atoms with Crippen LogP contribution in [-0.4, -0.2) is 31.3 Å². The van der Waals surface area contributed by atoms with Gasteiger partial charge in [-0.25, -0.2) is 4.79 Å². The molecule has 0 aromatic heterocycles. The predicted octanol–water partition coefficient (Wildman–Crippen LogP) is 2.32. The molecule has 4 heteroatoms. The van der Waals surface area contributed by atoms with Gasteiger partial charge in [0.2, 0.25) is 0 Å². The second-order valence-corrected chi connectivity index (χ2v) is 3.97. The van der Waals surface area contributed by atoms with Gasteiger partial charge < -0.3 is 15.2 Å². The highest BCUT2D eigenvalue weighted by Crippen LogP contribution is 2.15. The summed E-state index contributed by atoms with van der Waals surface area (Å²) >= 11 is 0. The van der Waals surface area contributed by atoms with E-state index < -0.39 is 5.97 Å². The third-order valence-electron chi connectivity index (χ3n) is 2.63. The Morgan fingerprint density at radius 1 is 1.44 bits per heavy atom. The average Bonchev–Trinajstić information content (AvgIpc) is 2.37. The molecule has 4 nitrogen and oxygen atoms in total. The second kappa shape index (κ2) is 7.50. The number of anilines is 1. The maximum absolute atomic E-state index is 10.6. The number of hydrogen-bond donors (Lipinski definition) is 2. The minimum Gasteiger partial charge on any atom is -0.478 e. The zero-order valence-corrected chi connectivity index (χ0v) is 10.8. The molecule has 0 fully saturated rings. The summed E-state index contributed by atoms with van der Waals surface area (Å²) in [7, 11) is 1.68. The quantitative estimate of drug-likeness (QED) is 0.728. The van der Waals surface area contributed by atoms with Crippen LogP contribution in [-0.2, 0) is 16.0 Å². The number of nitrogens with one attached hydrogen (secondary N) is 1. The minimum absolute atomic E-state index is 0.344. The summed E-state index contributed by atoms with van der Waals surface area (Å²) in [5.41, 5.74) is 2.53. The van der Waals surface area contributed by atoms with E-state index in [1.165, 1.54) is 5.56 Å². The average molecular weight is 249 g/mol. The number of carboxylic acid groups (broad SMARTS) is 1. The molecular formula is C14H19NO3. The van der Waals surface area contributed by atoms with Gasteiger partial charge in [-0.3, -0.25) is 0 Å². The molecule has 98 valence electrons. The van der Waals surface area contributed by atoms with Crippen molar-refractivity contribution in [2.45, 2.75) is 13.3 Å². The number of benzene rings is 1. The van der Waals surface area contributed by atoms with Gasteiger partial charge in [0.25, 0.3) is 0 Å². The SMILES string of the molecule is COCCc1ccccc1NC/C=C(/C)C(=O)O. The minimum atomic E-state index is -0.885. The molecule has 0 aliphatic rings. The van der Waals surface area contributed by atoms with Gasteiger partial charge in [0.05, 0.1) is 6.61 Å². The lowest BCUT2D eigenvalue weighted by Crippen LogP contribution is -2.06. The molecule has 0 aliphatic carbocycles. The Hall–Kier alpha value is -1.81. The van der Waals surface area contributed by atoms with Crippen molar-refractivity contribution < 1.29 is 14.6 Å². The molecule has 0 aliphatic heterocycles. The Balaban J connectivity index is 2.61. The fourth-order valence-electron chi connectivity index (χ4n) is 1.52. The van der Waals surface area contributed by atoms with Crippen molar-refractivity contribution in [3.8, 4) is 0 Å². The molecule has 0 radical (unpaired) electrons. The standard InChI is InChI=1S/C14H19NO3/c1-11(14(16)17)7-9-15-13-6-4-3-5-12(13)8-10-18-2/h3-7,15H,8-10H2,1-2H3,(H,16,17)/b11-7-. The molecule has 0 atom stereocenters. The smallest absolute Gasteiger partial charge is 0.331 e. The lowest BCUT2D eigenvalue weighted by Gasteiger charge is -2.10. The van der Waals surface area contributed by atoms with Gasteiger partial charge in [-0.15, -0.1) is 0 Å².